The maximum atomic E-state index is 5.41. The zero-order valence-electron chi connectivity index (χ0n) is 5.89. The third-order valence-corrected chi connectivity index (χ3v) is 2.60. The van der Waals surface area contributed by atoms with Gasteiger partial charge in [0.25, 0.3) is 0 Å². The molecule has 0 amide bonds. The molecular weight excluding hydrogens is 168 g/mol. The fourth-order valence-corrected chi connectivity index (χ4v) is 1.56. The summed E-state index contributed by atoms with van der Waals surface area (Å²) in [7, 11) is 0. The highest BCUT2D eigenvalue weighted by Gasteiger charge is 2.05. The molecule has 56 valence electrons. The molecule has 0 aliphatic carbocycles. The van der Waals surface area contributed by atoms with Gasteiger partial charge < -0.3 is 0 Å². The highest BCUT2D eigenvalue weighted by atomic mass is 35.5. The molecule has 1 heterocycles. The Morgan fingerprint density at radius 3 is 2.90 bits per heavy atom. The van der Waals surface area contributed by atoms with Crippen LogP contribution in [-0.2, 0) is 0 Å². The normalized spacial score (nSPS) is 13.5. The van der Waals surface area contributed by atoms with Crippen LogP contribution in [0.15, 0.2) is 6.20 Å². The largest absolute Gasteiger partial charge is 0.248 e. The summed E-state index contributed by atoms with van der Waals surface area (Å²) in [5, 5.41) is 1.03. The third kappa shape index (κ3) is 1.68. The lowest BCUT2D eigenvalue weighted by Crippen LogP contribution is -2.05. The molecule has 0 spiro atoms. The van der Waals surface area contributed by atoms with E-state index in [1.165, 1.54) is 4.88 Å². The van der Waals surface area contributed by atoms with Crippen LogP contribution >= 0.6 is 23.1 Å². The summed E-state index contributed by atoms with van der Waals surface area (Å²) >= 11 is 7.07. The number of thiazole rings is 1. The number of halogens is 1. The van der Waals surface area contributed by atoms with Crippen molar-refractivity contribution >= 4 is 23.1 Å². The van der Waals surface area contributed by atoms with Crippen LogP contribution in [-0.4, -0.2) is 4.98 Å². The second-order valence-corrected chi connectivity index (χ2v) is 3.62. The van der Waals surface area contributed by atoms with Crippen LogP contribution in [0.3, 0.4) is 0 Å². The van der Waals surface area contributed by atoms with E-state index in [1.807, 2.05) is 20.0 Å². The van der Waals surface area contributed by atoms with Gasteiger partial charge in [-0.05, 0) is 25.6 Å². The third-order valence-electron chi connectivity index (χ3n) is 1.17. The molecule has 2 nitrogen and oxygen atoms in total. The van der Waals surface area contributed by atoms with Crippen LogP contribution < -0.4 is 4.84 Å². The van der Waals surface area contributed by atoms with Gasteiger partial charge in [0.1, 0.15) is 5.01 Å². The standard InChI is InChI=1S/C6H9ClN2S/c1-4-3-8-6(10-4)5(2)9-7/h3,5,9H,1-2H3. The molecule has 1 unspecified atom stereocenters. The predicted molar refractivity (Wildman–Crippen MR) is 44.3 cm³/mol. The number of rotatable bonds is 2. The molecule has 0 saturated heterocycles. The van der Waals surface area contributed by atoms with Gasteiger partial charge >= 0.3 is 0 Å². The van der Waals surface area contributed by atoms with Gasteiger partial charge in [0.15, 0.2) is 0 Å². The van der Waals surface area contributed by atoms with Gasteiger partial charge in [-0.3, -0.25) is 0 Å². The lowest BCUT2D eigenvalue weighted by molar-refractivity contribution is 0.737. The van der Waals surface area contributed by atoms with Crippen molar-refractivity contribution in [1.82, 2.24) is 9.82 Å². The van der Waals surface area contributed by atoms with E-state index >= 15 is 0 Å². The van der Waals surface area contributed by atoms with Gasteiger partial charge in [0, 0.05) is 11.1 Å². The lowest BCUT2D eigenvalue weighted by Gasteiger charge is -2.01. The van der Waals surface area contributed by atoms with Crippen molar-refractivity contribution < 1.29 is 0 Å². The fraction of sp³-hybridized carbons (Fsp3) is 0.500. The molecular formula is C6H9ClN2S. The zero-order valence-corrected chi connectivity index (χ0v) is 7.46. The van der Waals surface area contributed by atoms with Crippen molar-refractivity contribution in [3.63, 3.8) is 0 Å². The van der Waals surface area contributed by atoms with E-state index in [9.17, 15) is 0 Å². The molecule has 0 aliphatic heterocycles. The Bertz CT molecular complexity index is 211. The number of aromatic nitrogens is 1. The first-order valence-corrected chi connectivity index (χ1v) is 4.22. The van der Waals surface area contributed by atoms with Gasteiger partial charge in [-0.2, -0.15) is 0 Å². The van der Waals surface area contributed by atoms with Gasteiger partial charge in [-0.15, -0.1) is 11.3 Å². The minimum absolute atomic E-state index is 0.153. The fourth-order valence-electron chi connectivity index (χ4n) is 0.619. The number of aryl methyl sites for hydroxylation is 1. The summed E-state index contributed by atoms with van der Waals surface area (Å²) in [4.78, 5) is 7.99. The van der Waals surface area contributed by atoms with Gasteiger partial charge in [-0.25, -0.2) is 9.82 Å². The van der Waals surface area contributed by atoms with Crippen molar-refractivity contribution in [2.45, 2.75) is 19.9 Å². The summed E-state index contributed by atoms with van der Waals surface area (Å²) in [5.41, 5.74) is 0. The van der Waals surface area contributed by atoms with Crippen LogP contribution in [0.1, 0.15) is 22.9 Å². The Hall–Kier alpha value is -0.120. The number of hydrogen-bond donors (Lipinski definition) is 1. The van der Waals surface area contributed by atoms with E-state index in [0.29, 0.717) is 0 Å². The van der Waals surface area contributed by atoms with Crippen molar-refractivity contribution in [2.75, 3.05) is 0 Å². The molecule has 0 fully saturated rings. The van der Waals surface area contributed by atoms with Crippen LogP contribution in [0.25, 0.3) is 0 Å². The van der Waals surface area contributed by atoms with Crippen LogP contribution in [0.2, 0.25) is 0 Å². The lowest BCUT2D eigenvalue weighted by atomic mass is 10.4. The SMILES string of the molecule is Cc1cnc(C(C)NCl)s1. The number of hydrogen-bond acceptors (Lipinski definition) is 3. The smallest absolute Gasteiger partial charge is 0.111 e. The zero-order chi connectivity index (χ0) is 7.56. The summed E-state index contributed by atoms with van der Waals surface area (Å²) in [5.74, 6) is 0. The second kappa shape index (κ2) is 3.32. The second-order valence-electron chi connectivity index (χ2n) is 2.14. The minimum Gasteiger partial charge on any atom is -0.248 e. The van der Waals surface area contributed by atoms with E-state index in [0.717, 1.165) is 5.01 Å². The minimum atomic E-state index is 0.153. The summed E-state index contributed by atoms with van der Waals surface area (Å²) in [6.07, 6.45) is 1.85. The molecule has 1 rings (SSSR count). The van der Waals surface area contributed by atoms with Crippen molar-refractivity contribution in [3.05, 3.63) is 16.1 Å². The molecule has 1 N–H and O–H groups in total. The van der Waals surface area contributed by atoms with E-state index in [1.54, 1.807) is 11.3 Å². The van der Waals surface area contributed by atoms with Gasteiger partial charge in [-0.1, -0.05) is 0 Å². The van der Waals surface area contributed by atoms with Crippen LogP contribution in [0.4, 0.5) is 0 Å². The maximum Gasteiger partial charge on any atom is 0.111 e. The highest BCUT2D eigenvalue weighted by Crippen LogP contribution is 2.18. The number of nitrogens with zero attached hydrogens (tertiary/aromatic N) is 1. The van der Waals surface area contributed by atoms with E-state index in [4.69, 9.17) is 11.8 Å². The molecule has 4 heteroatoms. The van der Waals surface area contributed by atoms with Crippen molar-refractivity contribution in [1.29, 1.82) is 0 Å². The predicted octanol–water partition coefficient (Wildman–Crippen LogP) is 2.26. The molecule has 0 bridgehead atoms. The first-order chi connectivity index (χ1) is 4.74. The molecule has 1 atom stereocenters. The van der Waals surface area contributed by atoms with Gasteiger partial charge in [0.2, 0.25) is 0 Å². The Morgan fingerprint density at radius 1 is 1.80 bits per heavy atom. The number of nitrogens with one attached hydrogen (secondary N) is 1. The Balaban J connectivity index is 2.74. The quantitative estimate of drug-likeness (QED) is 0.700. The average Bonchev–Trinajstić information content (AvgIpc) is 2.34. The Labute approximate surface area is 69.4 Å². The van der Waals surface area contributed by atoms with Crippen LogP contribution in [0.5, 0.6) is 0 Å². The summed E-state index contributed by atoms with van der Waals surface area (Å²) < 4.78 is 0. The molecule has 10 heavy (non-hydrogen) atoms. The molecule has 0 aromatic carbocycles. The monoisotopic (exact) mass is 176 g/mol. The molecule has 0 radical (unpaired) electrons. The highest BCUT2D eigenvalue weighted by molar-refractivity contribution is 7.11. The molecule has 1 aromatic heterocycles. The topological polar surface area (TPSA) is 24.9 Å². The Morgan fingerprint density at radius 2 is 2.50 bits per heavy atom. The van der Waals surface area contributed by atoms with Gasteiger partial charge in [0.05, 0.1) is 6.04 Å². The van der Waals surface area contributed by atoms with Crippen molar-refractivity contribution in [3.8, 4) is 0 Å². The molecule has 0 saturated carbocycles. The average molecular weight is 177 g/mol. The summed E-state index contributed by atoms with van der Waals surface area (Å²) in [6, 6.07) is 0.153. The first-order valence-electron chi connectivity index (χ1n) is 3.02. The Kier molecular flexibility index (Phi) is 2.65. The van der Waals surface area contributed by atoms with Crippen LogP contribution in [0, 0.1) is 6.92 Å². The van der Waals surface area contributed by atoms with Crippen molar-refractivity contribution in [2.24, 2.45) is 0 Å². The first kappa shape index (κ1) is 7.98. The molecule has 1 aromatic rings. The van der Waals surface area contributed by atoms with E-state index in [-0.39, 0.29) is 6.04 Å². The van der Waals surface area contributed by atoms with E-state index < -0.39 is 0 Å². The van der Waals surface area contributed by atoms with E-state index in [2.05, 4.69) is 9.82 Å². The summed E-state index contributed by atoms with van der Waals surface area (Å²) in [6.45, 7) is 4.01. The molecule has 0 aliphatic rings. The maximum absolute atomic E-state index is 5.41.